The Bertz CT molecular complexity index is 1420. The molecule has 0 spiro atoms. The zero-order valence-electron chi connectivity index (χ0n) is 19.2. The van der Waals surface area contributed by atoms with Crippen molar-refractivity contribution in [3.05, 3.63) is 47.1 Å². The molecule has 192 valence electrons. The van der Waals surface area contributed by atoms with Crippen molar-refractivity contribution >= 4 is 49.0 Å². The molecule has 0 N–H and O–H groups in total. The molecule has 1 aromatic carbocycles. The summed E-state index contributed by atoms with van der Waals surface area (Å²) in [6, 6.07) is 8.04. The average Bonchev–Trinajstić information content (AvgIpc) is 3.08. The van der Waals surface area contributed by atoms with Crippen molar-refractivity contribution in [2.45, 2.75) is 18.9 Å². The van der Waals surface area contributed by atoms with Crippen LogP contribution in [0.5, 0.6) is 17.5 Å². The number of hydrogen-bond donors (Lipinski definition) is 0. The molecule has 36 heavy (non-hydrogen) atoms. The lowest BCUT2D eigenvalue weighted by molar-refractivity contribution is -0.119. The minimum atomic E-state index is -3.99. The van der Waals surface area contributed by atoms with Gasteiger partial charge < -0.3 is 9.47 Å². The van der Waals surface area contributed by atoms with Crippen molar-refractivity contribution in [3.63, 3.8) is 0 Å². The van der Waals surface area contributed by atoms with E-state index in [1.165, 1.54) is 29.0 Å². The standard InChI is InChI=1S/C21H22N4O8S3/c1-35(28,29)24-9-7-16(8-10-24)33-19-12-18(22-13-23-19)32-15-5-3-14(4-6-15)11-17-20(26)25(21(27)34-17)36(2,30)31/h3-6,11-13,16H,7-10H2,1-2H3/b17-11+. The second kappa shape index (κ2) is 10.2. The number of aromatic nitrogens is 2. The largest absolute Gasteiger partial charge is 0.474 e. The smallest absolute Gasteiger partial charge is 0.307 e. The average molecular weight is 555 g/mol. The third-order valence-electron chi connectivity index (χ3n) is 5.26. The zero-order chi connectivity index (χ0) is 26.1. The Morgan fingerprint density at radius 2 is 1.61 bits per heavy atom. The third kappa shape index (κ3) is 6.21. The van der Waals surface area contributed by atoms with E-state index in [-0.39, 0.29) is 21.2 Å². The van der Waals surface area contributed by atoms with Gasteiger partial charge in [-0.05, 0) is 48.4 Å². The molecule has 15 heteroatoms. The summed E-state index contributed by atoms with van der Waals surface area (Å²) in [5.74, 6) is 0.0810. The molecule has 2 saturated heterocycles. The highest BCUT2D eigenvalue weighted by Crippen LogP contribution is 2.34. The van der Waals surface area contributed by atoms with Crippen LogP contribution >= 0.6 is 11.8 Å². The highest BCUT2D eigenvalue weighted by Gasteiger charge is 2.41. The number of nitrogens with zero attached hydrogens (tertiary/aromatic N) is 4. The van der Waals surface area contributed by atoms with Gasteiger partial charge in [0.1, 0.15) is 18.2 Å². The van der Waals surface area contributed by atoms with E-state index >= 15 is 0 Å². The molecular formula is C21H22N4O8S3. The lowest BCUT2D eigenvalue weighted by Gasteiger charge is -2.30. The first-order valence-corrected chi connectivity index (χ1v) is 15.1. The number of carbonyl (C=O) groups is 2. The number of rotatable bonds is 7. The van der Waals surface area contributed by atoms with Gasteiger partial charge in [-0.1, -0.05) is 12.1 Å². The number of amides is 2. The maximum Gasteiger partial charge on any atom is 0.307 e. The summed E-state index contributed by atoms with van der Waals surface area (Å²) in [5.41, 5.74) is 0.563. The van der Waals surface area contributed by atoms with Gasteiger partial charge in [0.2, 0.25) is 31.8 Å². The molecule has 0 saturated carbocycles. The number of ether oxygens (including phenoxy) is 2. The monoisotopic (exact) mass is 554 g/mol. The first kappa shape index (κ1) is 26.1. The summed E-state index contributed by atoms with van der Waals surface area (Å²) in [7, 11) is -7.20. The van der Waals surface area contributed by atoms with Gasteiger partial charge in [-0.15, -0.1) is 0 Å². The summed E-state index contributed by atoms with van der Waals surface area (Å²) in [5, 5.41) is -0.864. The molecule has 0 unspecified atom stereocenters. The molecule has 2 aliphatic heterocycles. The van der Waals surface area contributed by atoms with Crippen LogP contribution in [0, 0.1) is 0 Å². The molecule has 2 aliphatic rings. The highest BCUT2D eigenvalue weighted by molar-refractivity contribution is 8.19. The van der Waals surface area contributed by atoms with Crippen LogP contribution in [0.25, 0.3) is 6.08 Å². The maximum atomic E-state index is 12.3. The van der Waals surface area contributed by atoms with Crippen LogP contribution in [-0.4, -0.2) is 78.3 Å². The van der Waals surface area contributed by atoms with Crippen LogP contribution in [-0.2, 0) is 24.8 Å². The van der Waals surface area contributed by atoms with Gasteiger partial charge in [0, 0.05) is 13.1 Å². The second-order valence-electron chi connectivity index (χ2n) is 8.05. The van der Waals surface area contributed by atoms with Crippen molar-refractivity contribution in [2.24, 2.45) is 0 Å². The summed E-state index contributed by atoms with van der Waals surface area (Å²) < 4.78 is 59.8. The molecular weight excluding hydrogens is 532 g/mol. The van der Waals surface area contributed by atoms with Crippen LogP contribution in [0.4, 0.5) is 4.79 Å². The van der Waals surface area contributed by atoms with E-state index in [9.17, 15) is 26.4 Å². The Hall–Kier alpha value is -3.01. The lowest BCUT2D eigenvalue weighted by atomic mass is 10.1. The quantitative estimate of drug-likeness (QED) is 0.462. The number of piperidine rings is 1. The first-order chi connectivity index (χ1) is 16.9. The Labute approximate surface area is 212 Å². The summed E-state index contributed by atoms with van der Waals surface area (Å²) >= 11 is 0.552. The summed E-state index contributed by atoms with van der Waals surface area (Å²) in [4.78, 5) is 32.3. The Morgan fingerprint density at radius 1 is 0.972 bits per heavy atom. The molecule has 2 aromatic rings. The normalized spacial score (nSPS) is 19.2. The van der Waals surface area contributed by atoms with E-state index in [0.29, 0.717) is 54.9 Å². The van der Waals surface area contributed by atoms with Crippen molar-refractivity contribution in [1.82, 2.24) is 18.6 Å². The second-order valence-corrected chi connectivity index (χ2v) is 12.9. The lowest BCUT2D eigenvalue weighted by Crippen LogP contribution is -2.41. The third-order valence-corrected chi connectivity index (χ3v) is 8.55. The predicted octanol–water partition coefficient (Wildman–Crippen LogP) is 2.07. The fourth-order valence-corrected chi connectivity index (χ4v) is 6.39. The minimum absolute atomic E-state index is 0.000876. The van der Waals surface area contributed by atoms with Gasteiger partial charge in [0.15, 0.2) is 0 Å². The minimum Gasteiger partial charge on any atom is -0.474 e. The van der Waals surface area contributed by atoms with Crippen molar-refractivity contribution in [2.75, 3.05) is 25.6 Å². The van der Waals surface area contributed by atoms with Crippen molar-refractivity contribution in [3.8, 4) is 17.5 Å². The molecule has 0 bridgehead atoms. The molecule has 4 rings (SSSR count). The van der Waals surface area contributed by atoms with Crippen LogP contribution in [0.15, 0.2) is 41.6 Å². The topological polar surface area (TPSA) is 153 Å². The number of benzene rings is 1. The van der Waals surface area contributed by atoms with Crippen LogP contribution in [0.2, 0.25) is 0 Å². The van der Waals surface area contributed by atoms with Gasteiger partial charge in [-0.25, -0.2) is 31.1 Å². The van der Waals surface area contributed by atoms with Gasteiger partial charge in [0.05, 0.1) is 23.5 Å². The fraction of sp³-hybridized carbons (Fsp3) is 0.333. The number of sulfonamides is 2. The molecule has 0 atom stereocenters. The molecule has 12 nitrogen and oxygen atoms in total. The van der Waals surface area contributed by atoms with E-state index in [4.69, 9.17) is 9.47 Å². The van der Waals surface area contributed by atoms with Gasteiger partial charge in [0.25, 0.3) is 5.91 Å². The van der Waals surface area contributed by atoms with Gasteiger partial charge in [-0.3, -0.25) is 9.59 Å². The fourth-order valence-electron chi connectivity index (χ4n) is 3.54. The predicted molar refractivity (Wildman–Crippen MR) is 131 cm³/mol. The number of thioether (sulfide) groups is 1. The van der Waals surface area contributed by atoms with E-state index < -0.39 is 31.2 Å². The first-order valence-electron chi connectivity index (χ1n) is 10.6. The number of hydrogen-bond acceptors (Lipinski definition) is 11. The Morgan fingerprint density at radius 3 is 2.19 bits per heavy atom. The van der Waals surface area contributed by atoms with E-state index in [1.807, 2.05) is 0 Å². The molecule has 0 aliphatic carbocycles. The Balaban J connectivity index is 1.38. The van der Waals surface area contributed by atoms with Gasteiger partial charge >= 0.3 is 5.24 Å². The molecule has 3 heterocycles. The van der Waals surface area contributed by atoms with Crippen LogP contribution in [0.1, 0.15) is 18.4 Å². The zero-order valence-corrected chi connectivity index (χ0v) is 21.7. The van der Waals surface area contributed by atoms with Gasteiger partial charge in [-0.2, -0.15) is 4.31 Å². The van der Waals surface area contributed by atoms with E-state index in [0.717, 1.165) is 6.26 Å². The van der Waals surface area contributed by atoms with Crippen molar-refractivity contribution < 1.29 is 35.9 Å². The highest BCUT2D eigenvalue weighted by atomic mass is 32.2. The van der Waals surface area contributed by atoms with Crippen molar-refractivity contribution in [1.29, 1.82) is 0 Å². The van der Waals surface area contributed by atoms with E-state index in [2.05, 4.69) is 9.97 Å². The summed E-state index contributed by atoms with van der Waals surface area (Å²) in [6.07, 6.45) is 5.60. The SMILES string of the molecule is CS(=O)(=O)N1CCC(Oc2cc(Oc3ccc(/C=C4/SC(=O)N(S(C)(=O)=O)C4=O)cc3)ncn2)CC1. The Kier molecular flexibility index (Phi) is 7.36. The van der Waals surface area contributed by atoms with Crippen LogP contribution < -0.4 is 9.47 Å². The number of imide groups is 1. The molecule has 1 aromatic heterocycles. The van der Waals surface area contributed by atoms with Crippen LogP contribution in [0.3, 0.4) is 0 Å². The number of carbonyl (C=O) groups excluding carboxylic acids is 2. The molecule has 2 fully saturated rings. The summed E-state index contributed by atoms with van der Waals surface area (Å²) in [6.45, 7) is 0.760. The van der Waals surface area contributed by atoms with E-state index in [1.54, 1.807) is 24.3 Å². The molecule has 2 amide bonds. The maximum absolute atomic E-state index is 12.3. The molecule has 0 radical (unpaired) electrons.